The van der Waals surface area contributed by atoms with Crippen LogP contribution in [0, 0.1) is 11.8 Å². The lowest BCUT2D eigenvalue weighted by atomic mass is 9.87. The largest absolute Gasteiger partial charge is 0.317 e. The number of nitrogens with one attached hydrogen (secondary N) is 2. The lowest BCUT2D eigenvalue weighted by Crippen LogP contribution is -2.34. The maximum Gasteiger partial charge on any atom is 0.229 e. The van der Waals surface area contributed by atoms with Crippen molar-refractivity contribution < 1.29 is 4.79 Å². The molecular weight excluding hydrogens is 320 g/mol. The molecule has 22 heavy (non-hydrogen) atoms. The van der Waals surface area contributed by atoms with Crippen LogP contribution >= 0.6 is 23.7 Å². The van der Waals surface area contributed by atoms with E-state index in [-0.39, 0.29) is 24.2 Å². The van der Waals surface area contributed by atoms with E-state index in [0.29, 0.717) is 5.13 Å². The maximum absolute atomic E-state index is 12.2. The summed E-state index contributed by atoms with van der Waals surface area (Å²) in [7, 11) is 0. The number of piperidine rings is 1. The van der Waals surface area contributed by atoms with Gasteiger partial charge in [0.1, 0.15) is 5.01 Å². The monoisotopic (exact) mass is 344 g/mol. The Morgan fingerprint density at radius 3 is 2.59 bits per heavy atom. The second-order valence-electron chi connectivity index (χ2n) is 6.22. The molecule has 0 spiro atoms. The first-order chi connectivity index (χ1) is 10.3. The highest BCUT2D eigenvalue weighted by atomic mass is 35.5. The molecule has 7 heteroatoms. The van der Waals surface area contributed by atoms with Gasteiger partial charge in [0.05, 0.1) is 0 Å². The van der Waals surface area contributed by atoms with Crippen LogP contribution in [0.1, 0.15) is 50.0 Å². The minimum atomic E-state index is 0. The molecule has 2 N–H and O–H groups in total. The molecule has 0 unspecified atom stereocenters. The van der Waals surface area contributed by atoms with Crippen molar-refractivity contribution in [2.24, 2.45) is 11.8 Å². The van der Waals surface area contributed by atoms with E-state index in [1.807, 2.05) is 0 Å². The van der Waals surface area contributed by atoms with Crippen LogP contribution in [0.3, 0.4) is 0 Å². The van der Waals surface area contributed by atoms with Crippen molar-refractivity contribution in [2.45, 2.75) is 51.4 Å². The molecule has 3 rings (SSSR count). The van der Waals surface area contributed by atoms with E-state index < -0.39 is 0 Å². The molecule has 2 fully saturated rings. The van der Waals surface area contributed by atoms with Gasteiger partial charge in [0, 0.05) is 12.3 Å². The fraction of sp³-hybridized carbons (Fsp3) is 0.800. The summed E-state index contributed by atoms with van der Waals surface area (Å²) in [4.78, 5) is 12.2. The van der Waals surface area contributed by atoms with E-state index in [1.54, 1.807) is 11.3 Å². The Morgan fingerprint density at radius 2 is 1.86 bits per heavy atom. The third-order valence-corrected chi connectivity index (χ3v) is 5.46. The van der Waals surface area contributed by atoms with E-state index in [9.17, 15) is 4.79 Å². The fourth-order valence-corrected chi connectivity index (χ4v) is 4.17. The Labute approximate surface area is 142 Å². The molecule has 0 bridgehead atoms. The highest BCUT2D eigenvalue weighted by molar-refractivity contribution is 7.15. The number of carbonyl (C=O) groups excluding carboxylic acids is 1. The van der Waals surface area contributed by atoms with Crippen LogP contribution in [-0.4, -0.2) is 29.2 Å². The van der Waals surface area contributed by atoms with Crippen molar-refractivity contribution >= 4 is 34.8 Å². The molecule has 124 valence electrons. The number of hydrogen-bond donors (Lipinski definition) is 2. The first kappa shape index (κ1) is 17.6. The number of rotatable bonds is 4. The van der Waals surface area contributed by atoms with Crippen LogP contribution in [0.15, 0.2) is 0 Å². The summed E-state index contributed by atoms with van der Waals surface area (Å²) in [6.45, 7) is 1.86. The van der Waals surface area contributed by atoms with Gasteiger partial charge in [-0.25, -0.2) is 0 Å². The molecule has 0 aromatic carbocycles. The molecular formula is C15H25ClN4OS. The highest BCUT2D eigenvalue weighted by Crippen LogP contribution is 2.28. The molecule has 1 amide bonds. The summed E-state index contributed by atoms with van der Waals surface area (Å²) < 4.78 is 0. The van der Waals surface area contributed by atoms with E-state index in [4.69, 9.17) is 0 Å². The zero-order valence-corrected chi connectivity index (χ0v) is 14.5. The van der Waals surface area contributed by atoms with Crippen molar-refractivity contribution in [3.63, 3.8) is 0 Å². The Balaban J connectivity index is 0.00000176. The number of anilines is 1. The summed E-state index contributed by atoms with van der Waals surface area (Å²) in [6.07, 6.45) is 9.57. The smallest absolute Gasteiger partial charge is 0.229 e. The van der Waals surface area contributed by atoms with Crippen molar-refractivity contribution in [1.82, 2.24) is 15.5 Å². The maximum atomic E-state index is 12.2. The van der Waals surface area contributed by atoms with Gasteiger partial charge >= 0.3 is 0 Å². The third kappa shape index (κ3) is 4.89. The predicted molar refractivity (Wildman–Crippen MR) is 91.7 cm³/mol. The fourth-order valence-electron chi connectivity index (χ4n) is 3.32. The SMILES string of the molecule is Cl.O=C(Nc1nnc(CC2CCCCC2)s1)C1CCNCC1. The average molecular weight is 345 g/mol. The van der Waals surface area contributed by atoms with E-state index in [2.05, 4.69) is 20.8 Å². The Kier molecular flexibility index (Phi) is 7.05. The summed E-state index contributed by atoms with van der Waals surface area (Å²) in [6, 6.07) is 0. The quantitative estimate of drug-likeness (QED) is 0.881. The molecule has 2 aliphatic rings. The number of nitrogens with zero attached hydrogens (tertiary/aromatic N) is 2. The molecule has 0 atom stereocenters. The van der Waals surface area contributed by atoms with Crippen molar-refractivity contribution in [2.75, 3.05) is 18.4 Å². The van der Waals surface area contributed by atoms with Gasteiger partial charge in [0.2, 0.25) is 11.0 Å². The summed E-state index contributed by atoms with van der Waals surface area (Å²) in [5.74, 6) is 0.994. The number of carbonyl (C=O) groups is 1. The molecule has 5 nitrogen and oxygen atoms in total. The first-order valence-corrected chi connectivity index (χ1v) is 8.97. The summed E-state index contributed by atoms with van der Waals surface area (Å²) in [5.41, 5.74) is 0. The topological polar surface area (TPSA) is 66.9 Å². The van der Waals surface area contributed by atoms with Crippen LogP contribution in [0.4, 0.5) is 5.13 Å². The zero-order chi connectivity index (χ0) is 14.5. The summed E-state index contributed by atoms with van der Waals surface area (Å²) >= 11 is 1.55. The van der Waals surface area contributed by atoms with E-state index in [0.717, 1.165) is 43.3 Å². The third-order valence-electron chi connectivity index (χ3n) is 4.59. The van der Waals surface area contributed by atoms with Crippen LogP contribution in [0.25, 0.3) is 0 Å². The zero-order valence-electron chi connectivity index (χ0n) is 12.8. The van der Waals surface area contributed by atoms with E-state index in [1.165, 1.54) is 32.1 Å². The average Bonchev–Trinajstić information content (AvgIpc) is 2.96. The van der Waals surface area contributed by atoms with Gasteiger partial charge < -0.3 is 10.6 Å². The molecule has 1 aromatic heterocycles. The van der Waals surface area contributed by atoms with Crippen LogP contribution in [0.2, 0.25) is 0 Å². The molecule has 2 heterocycles. The lowest BCUT2D eigenvalue weighted by molar-refractivity contribution is -0.120. The first-order valence-electron chi connectivity index (χ1n) is 8.15. The van der Waals surface area contributed by atoms with Gasteiger partial charge in [-0.2, -0.15) is 0 Å². The van der Waals surface area contributed by atoms with Crippen molar-refractivity contribution in [3.8, 4) is 0 Å². The number of aromatic nitrogens is 2. The minimum Gasteiger partial charge on any atom is -0.317 e. The Hall–Kier alpha value is -0.720. The molecule has 1 aliphatic carbocycles. The van der Waals surface area contributed by atoms with Gasteiger partial charge in [-0.15, -0.1) is 22.6 Å². The van der Waals surface area contributed by atoms with Crippen LogP contribution in [0.5, 0.6) is 0 Å². The molecule has 1 aromatic rings. The molecule has 0 radical (unpaired) electrons. The van der Waals surface area contributed by atoms with Crippen LogP contribution < -0.4 is 10.6 Å². The van der Waals surface area contributed by atoms with Crippen molar-refractivity contribution in [1.29, 1.82) is 0 Å². The number of amides is 1. The van der Waals surface area contributed by atoms with Crippen LogP contribution in [-0.2, 0) is 11.2 Å². The normalized spacial score (nSPS) is 20.4. The number of hydrogen-bond acceptors (Lipinski definition) is 5. The second-order valence-corrected chi connectivity index (χ2v) is 7.28. The van der Waals surface area contributed by atoms with Gasteiger partial charge in [-0.3, -0.25) is 4.79 Å². The van der Waals surface area contributed by atoms with Crippen molar-refractivity contribution in [3.05, 3.63) is 5.01 Å². The van der Waals surface area contributed by atoms with Gasteiger partial charge in [0.15, 0.2) is 0 Å². The molecule has 1 saturated carbocycles. The van der Waals surface area contributed by atoms with Gasteiger partial charge in [-0.05, 0) is 31.8 Å². The highest BCUT2D eigenvalue weighted by Gasteiger charge is 2.22. The molecule has 1 aliphatic heterocycles. The Morgan fingerprint density at radius 1 is 1.14 bits per heavy atom. The minimum absolute atomic E-state index is 0. The molecule has 1 saturated heterocycles. The lowest BCUT2D eigenvalue weighted by Gasteiger charge is -2.21. The second kappa shape index (κ2) is 8.79. The Bertz CT molecular complexity index is 470. The van der Waals surface area contributed by atoms with Gasteiger partial charge in [0.25, 0.3) is 0 Å². The number of halogens is 1. The van der Waals surface area contributed by atoms with Gasteiger partial charge in [-0.1, -0.05) is 43.4 Å². The van der Waals surface area contributed by atoms with E-state index >= 15 is 0 Å². The predicted octanol–water partition coefficient (Wildman–Crippen LogP) is 3.02. The summed E-state index contributed by atoms with van der Waals surface area (Å²) in [5, 5.41) is 16.4. The standard InChI is InChI=1S/C15H24N4OS.ClH/c20-14(12-6-8-16-9-7-12)17-15-19-18-13(21-15)10-11-4-2-1-3-5-11;/h11-12,16H,1-10H2,(H,17,19,20);1H.